The molecule has 0 bridgehead atoms. The number of carbonyl (C=O) groups excluding carboxylic acids is 2. The molecule has 1 aliphatic heterocycles. The highest BCUT2D eigenvalue weighted by Crippen LogP contribution is 2.37. The summed E-state index contributed by atoms with van der Waals surface area (Å²) in [5.41, 5.74) is 1.13. The van der Waals surface area contributed by atoms with E-state index < -0.39 is 11.6 Å². The standard InChI is InChI=1S/C14H19N3O2S/c1-10-12(18)17(8-11-7-15-9-20-11)14(13(19)16-10)5-3-2-4-6-14/h7,9-10H,2-6,8H2,1H3,(H,16,19). The van der Waals surface area contributed by atoms with Crippen molar-refractivity contribution in [2.24, 2.45) is 0 Å². The third-order valence-corrected chi connectivity index (χ3v) is 5.17. The lowest BCUT2D eigenvalue weighted by atomic mass is 9.77. The maximum absolute atomic E-state index is 12.6. The van der Waals surface area contributed by atoms with Gasteiger partial charge in [0.2, 0.25) is 11.8 Å². The monoisotopic (exact) mass is 293 g/mol. The van der Waals surface area contributed by atoms with Gasteiger partial charge >= 0.3 is 0 Å². The maximum atomic E-state index is 12.6. The van der Waals surface area contributed by atoms with Gasteiger partial charge in [0.05, 0.1) is 12.1 Å². The third kappa shape index (κ3) is 2.12. The van der Waals surface area contributed by atoms with Crippen molar-refractivity contribution in [2.75, 3.05) is 0 Å². The SMILES string of the molecule is CC1NC(=O)C2(CCCCC2)N(Cc2cncs2)C1=O. The second kappa shape index (κ2) is 5.16. The van der Waals surface area contributed by atoms with Crippen LogP contribution in [0.1, 0.15) is 43.9 Å². The summed E-state index contributed by atoms with van der Waals surface area (Å²) >= 11 is 1.53. The highest BCUT2D eigenvalue weighted by molar-refractivity contribution is 7.09. The fourth-order valence-corrected chi connectivity index (χ4v) is 3.88. The van der Waals surface area contributed by atoms with Crippen LogP contribution in [0.25, 0.3) is 0 Å². The molecule has 1 N–H and O–H groups in total. The zero-order chi connectivity index (χ0) is 14.2. The Morgan fingerprint density at radius 3 is 2.80 bits per heavy atom. The zero-order valence-corrected chi connectivity index (χ0v) is 12.4. The van der Waals surface area contributed by atoms with E-state index in [4.69, 9.17) is 0 Å². The summed E-state index contributed by atoms with van der Waals surface area (Å²) in [6.45, 7) is 2.26. The fourth-order valence-electron chi connectivity index (χ4n) is 3.30. The van der Waals surface area contributed by atoms with Gasteiger partial charge in [0, 0.05) is 11.1 Å². The lowest BCUT2D eigenvalue weighted by Gasteiger charge is -2.49. The molecule has 2 fully saturated rings. The molecule has 108 valence electrons. The van der Waals surface area contributed by atoms with E-state index in [1.807, 2.05) is 4.90 Å². The van der Waals surface area contributed by atoms with E-state index in [0.29, 0.717) is 6.54 Å². The van der Waals surface area contributed by atoms with Crippen LogP contribution in [0.3, 0.4) is 0 Å². The summed E-state index contributed by atoms with van der Waals surface area (Å²) in [5, 5.41) is 2.86. The van der Waals surface area contributed by atoms with Crippen LogP contribution in [-0.2, 0) is 16.1 Å². The molecule has 20 heavy (non-hydrogen) atoms. The van der Waals surface area contributed by atoms with Crippen molar-refractivity contribution in [1.29, 1.82) is 0 Å². The minimum absolute atomic E-state index is 0.0221. The number of hydrogen-bond donors (Lipinski definition) is 1. The molecule has 1 aromatic heterocycles. The van der Waals surface area contributed by atoms with Gasteiger partial charge in [0.1, 0.15) is 11.6 Å². The predicted octanol–water partition coefficient (Wildman–Crippen LogP) is 1.69. The Labute approximate surface area is 122 Å². The Morgan fingerprint density at radius 1 is 1.40 bits per heavy atom. The number of nitrogens with one attached hydrogen (secondary N) is 1. The first-order valence-electron chi connectivity index (χ1n) is 7.13. The van der Waals surface area contributed by atoms with Gasteiger partial charge in [-0.2, -0.15) is 0 Å². The number of amides is 2. The van der Waals surface area contributed by atoms with Crippen molar-refractivity contribution >= 4 is 23.2 Å². The number of piperazine rings is 1. The van der Waals surface area contributed by atoms with Gasteiger partial charge in [-0.3, -0.25) is 14.6 Å². The van der Waals surface area contributed by atoms with Gasteiger partial charge in [0.15, 0.2) is 0 Å². The first-order valence-corrected chi connectivity index (χ1v) is 8.01. The van der Waals surface area contributed by atoms with Crippen LogP contribution >= 0.6 is 11.3 Å². The van der Waals surface area contributed by atoms with E-state index in [1.165, 1.54) is 11.3 Å². The fraction of sp³-hybridized carbons (Fsp3) is 0.643. The van der Waals surface area contributed by atoms with E-state index in [0.717, 1.165) is 37.0 Å². The van der Waals surface area contributed by atoms with Crippen molar-refractivity contribution in [3.63, 3.8) is 0 Å². The van der Waals surface area contributed by atoms with E-state index >= 15 is 0 Å². The number of rotatable bonds is 2. The zero-order valence-electron chi connectivity index (χ0n) is 11.6. The van der Waals surface area contributed by atoms with Crippen molar-refractivity contribution in [2.45, 2.75) is 57.2 Å². The lowest BCUT2D eigenvalue weighted by molar-refractivity contribution is -0.160. The maximum Gasteiger partial charge on any atom is 0.246 e. The molecule has 0 radical (unpaired) electrons. The number of hydrogen-bond acceptors (Lipinski definition) is 4. The van der Waals surface area contributed by atoms with Gasteiger partial charge in [-0.15, -0.1) is 11.3 Å². The number of aromatic nitrogens is 1. The Hall–Kier alpha value is -1.43. The number of nitrogens with zero attached hydrogens (tertiary/aromatic N) is 2. The quantitative estimate of drug-likeness (QED) is 0.902. The smallest absolute Gasteiger partial charge is 0.246 e. The Morgan fingerprint density at radius 2 is 2.15 bits per heavy atom. The van der Waals surface area contributed by atoms with Crippen LogP contribution in [0.2, 0.25) is 0 Å². The first-order chi connectivity index (χ1) is 9.63. The van der Waals surface area contributed by atoms with Gasteiger partial charge in [0.25, 0.3) is 0 Å². The van der Waals surface area contributed by atoms with Crippen LogP contribution < -0.4 is 5.32 Å². The minimum Gasteiger partial charge on any atom is -0.343 e. The van der Waals surface area contributed by atoms with Crippen LogP contribution in [0.4, 0.5) is 0 Å². The second-order valence-electron chi connectivity index (χ2n) is 5.68. The minimum atomic E-state index is -0.633. The predicted molar refractivity (Wildman–Crippen MR) is 76.1 cm³/mol. The Balaban J connectivity index is 1.94. The van der Waals surface area contributed by atoms with Crippen molar-refractivity contribution in [3.05, 3.63) is 16.6 Å². The normalized spacial score (nSPS) is 25.9. The van der Waals surface area contributed by atoms with Gasteiger partial charge in [-0.1, -0.05) is 19.3 Å². The van der Waals surface area contributed by atoms with E-state index in [1.54, 1.807) is 18.6 Å². The average molecular weight is 293 g/mol. The van der Waals surface area contributed by atoms with Crippen LogP contribution in [-0.4, -0.2) is 33.3 Å². The van der Waals surface area contributed by atoms with Crippen LogP contribution in [0.15, 0.2) is 11.7 Å². The molecule has 1 aromatic rings. The lowest BCUT2D eigenvalue weighted by Crippen LogP contribution is -2.70. The molecular formula is C14H19N3O2S. The number of carbonyl (C=O) groups is 2. The molecule has 2 aliphatic rings. The Bertz CT molecular complexity index is 508. The molecule has 6 heteroatoms. The Kier molecular flexibility index (Phi) is 3.50. The van der Waals surface area contributed by atoms with Gasteiger partial charge < -0.3 is 10.2 Å². The second-order valence-corrected chi connectivity index (χ2v) is 6.65. The highest BCUT2D eigenvalue weighted by atomic mass is 32.1. The summed E-state index contributed by atoms with van der Waals surface area (Å²) in [5.74, 6) is 0.0497. The molecule has 1 saturated heterocycles. The molecule has 5 nitrogen and oxygen atoms in total. The van der Waals surface area contributed by atoms with Crippen molar-refractivity contribution in [3.8, 4) is 0 Å². The molecule has 1 saturated carbocycles. The number of thiazole rings is 1. The summed E-state index contributed by atoms with van der Waals surface area (Å²) in [4.78, 5) is 32.0. The molecule has 1 atom stereocenters. The summed E-state index contributed by atoms with van der Waals surface area (Å²) < 4.78 is 0. The van der Waals surface area contributed by atoms with Crippen LogP contribution in [0.5, 0.6) is 0 Å². The molecule has 2 amide bonds. The van der Waals surface area contributed by atoms with Crippen LogP contribution in [0, 0.1) is 0 Å². The molecule has 1 unspecified atom stereocenters. The van der Waals surface area contributed by atoms with Gasteiger partial charge in [-0.25, -0.2) is 0 Å². The van der Waals surface area contributed by atoms with E-state index in [9.17, 15) is 9.59 Å². The summed E-state index contributed by atoms with van der Waals surface area (Å²) in [7, 11) is 0. The molecule has 1 aliphatic carbocycles. The van der Waals surface area contributed by atoms with E-state index in [-0.39, 0.29) is 11.8 Å². The van der Waals surface area contributed by atoms with Crippen molar-refractivity contribution in [1.82, 2.24) is 15.2 Å². The topological polar surface area (TPSA) is 62.3 Å². The third-order valence-electron chi connectivity index (χ3n) is 4.40. The molecular weight excluding hydrogens is 274 g/mol. The van der Waals surface area contributed by atoms with E-state index in [2.05, 4.69) is 10.3 Å². The van der Waals surface area contributed by atoms with Crippen molar-refractivity contribution < 1.29 is 9.59 Å². The largest absolute Gasteiger partial charge is 0.343 e. The highest BCUT2D eigenvalue weighted by Gasteiger charge is 2.51. The molecule has 1 spiro atoms. The first kappa shape index (κ1) is 13.5. The van der Waals surface area contributed by atoms with Gasteiger partial charge in [-0.05, 0) is 19.8 Å². The molecule has 3 rings (SSSR count). The molecule has 2 heterocycles. The summed E-state index contributed by atoms with van der Waals surface area (Å²) in [6.07, 6.45) is 6.49. The average Bonchev–Trinajstić information content (AvgIpc) is 2.96. The summed E-state index contributed by atoms with van der Waals surface area (Å²) in [6, 6.07) is -0.428. The molecule has 0 aromatic carbocycles.